The summed E-state index contributed by atoms with van der Waals surface area (Å²) < 4.78 is 68.1. The van der Waals surface area contributed by atoms with Crippen molar-refractivity contribution in [3.63, 3.8) is 0 Å². The van der Waals surface area contributed by atoms with Crippen molar-refractivity contribution in [2.75, 3.05) is 39.6 Å². The van der Waals surface area contributed by atoms with E-state index in [0.717, 1.165) is 96.3 Å². The summed E-state index contributed by atoms with van der Waals surface area (Å²) in [5.41, 5.74) is 0. The number of carbonyl (C=O) groups excluding carboxylic acids is 4. The number of aliphatic hydroxyl groups is 1. The Balaban J connectivity index is 5.16. The monoisotopic (exact) mass is 1280 g/mol. The third kappa shape index (κ3) is 62.6. The minimum absolute atomic E-state index is 0.106. The lowest BCUT2D eigenvalue weighted by atomic mass is 10.0. The quantitative estimate of drug-likeness (QED) is 0.0222. The highest BCUT2D eigenvalue weighted by Crippen LogP contribution is 2.45. The van der Waals surface area contributed by atoms with Crippen molar-refractivity contribution in [1.29, 1.82) is 0 Å². The van der Waals surface area contributed by atoms with Gasteiger partial charge in [0.05, 0.1) is 26.4 Å². The molecule has 0 aliphatic heterocycles. The van der Waals surface area contributed by atoms with Crippen LogP contribution in [-0.2, 0) is 65.4 Å². The molecule has 0 saturated heterocycles. The number of phosphoric ester groups is 2. The fourth-order valence-corrected chi connectivity index (χ4v) is 11.9. The van der Waals surface area contributed by atoms with Crippen molar-refractivity contribution in [1.82, 2.24) is 0 Å². The van der Waals surface area contributed by atoms with Crippen LogP contribution in [0.15, 0.2) is 0 Å². The third-order valence-corrected chi connectivity index (χ3v) is 17.7. The highest BCUT2D eigenvalue weighted by molar-refractivity contribution is 7.47. The largest absolute Gasteiger partial charge is 0.472 e. The number of rotatable bonds is 68. The van der Waals surface area contributed by atoms with Gasteiger partial charge in [-0.1, -0.05) is 298 Å². The summed E-state index contributed by atoms with van der Waals surface area (Å²) in [4.78, 5) is 72.3. The van der Waals surface area contributed by atoms with Crippen molar-refractivity contribution in [3.8, 4) is 0 Å². The van der Waals surface area contributed by atoms with Crippen LogP contribution in [0.4, 0.5) is 0 Å². The van der Waals surface area contributed by atoms with Crippen LogP contribution >= 0.6 is 15.6 Å². The standard InChI is InChI=1S/C68H132O17P2/c1-6-9-12-15-18-21-22-23-24-25-26-27-28-29-30-33-38-44-49-54-68(73)85-64(58-79-66(71)52-47-42-39-34-35-40-45-50-61(4)5)60-83-87(76,77)81-56-62(69)55-80-86(74,75)82-59-63(84-67(72)53-48-43-37-32-20-17-14-11-8-3)57-78-65(70)51-46-41-36-31-19-16-13-10-7-2/h61-64,69H,6-60H2,1-5H3,(H,74,75)(H,76,77)/t62-,63+,64+/m0/s1. The Morgan fingerprint density at radius 1 is 0.310 bits per heavy atom. The minimum atomic E-state index is -4.95. The van der Waals surface area contributed by atoms with Crippen LogP contribution in [0.1, 0.15) is 349 Å². The lowest BCUT2D eigenvalue weighted by Crippen LogP contribution is -2.30. The van der Waals surface area contributed by atoms with Crippen LogP contribution in [0.25, 0.3) is 0 Å². The molecular formula is C68H132O17P2. The predicted molar refractivity (Wildman–Crippen MR) is 349 cm³/mol. The van der Waals surface area contributed by atoms with Crippen LogP contribution in [0.5, 0.6) is 0 Å². The van der Waals surface area contributed by atoms with Gasteiger partial charge in [0.15, 0.2) is 12.2 Å². The summed E-state index contributed by atoms with van der Waals surface area (Å²) in [5, 5.41) is 10.5. The van der Waals surface area contributed by atoms with Crippen molar-refractivity contribution in [2.24, 2.45) is 5.92 Å². The average Bonchev–Trinajstić information content (AvgIpc) is 3.56. The van der Waals surface area contributed by atoms with E-state index in [4.69, 9.17) is 37.0 Å². The molecule has 0 aliphatic rings. The Morgan fingerprint density at radius 2 is 0.529 bits per heavy atom. The van der Waals surface area contributed by atoms with E-state index >= 15 is 0 Å². The van der Waals surface area contributed by atoms with Crippen LogP contribution in [0.2, 0.25) is 0 Å². The zero-order valence-corrected chi connectivity index (χ0v) is 57.9. The molecule has 0 aromatic rings. The van der Waals surface area contributed by atoms with E-state index < -0.39 is 97.5 Å². The first-order chi connectivity index (χ1) is 42.0. The molecule has 0 aliphatic carbocycles. The maximum atomic E-state index is 13.0. The molecule has 17 nitrogen and oxygen atoms in total. The van der Waals surface area contributed by atoms with Gasteiger partial charge < -0.3 is 33.8 Å². The lowest BCUT2D eigenvalue weighted by Gasteiger charge is -2.21. The van der Waals surface area contributed by atoms with Gasteiger partial charge in [0.25, 0.3) is 0 Å². The first-order valence-corrected chi connectivity index (χ1v) is 38.6. The van der Waals surface area contributed by atoms with Gasteiger partial charge in [-0.2, -0.15) is 0 Å². The third-order valence-electron chi connectivity index (χ3n) is 15.8. The molecule has 0 aromatic carbocycles. The highest BCUT2D eigenvalue weighted by Gasteiger charge is 2.30. The maximum Gasteiger partial charge on any atom is 0.472 e. The molecular weight excluding hydrogens is 1150 g/mol. The summed E-state index contributed by atoms with van der Waals surface area (Å²) in [5.74, 6) is -1.42. The topological polar surface area (TPSA) is 237 Å². The van der Waals surface area contributed by atoms with E-state index in [1.165, 1.54) is 167 Å². The Hall–Kier alpha value is -1.94. The molecule has 0 rings (SSSR count). The van der Waals surface area contributed by atoms with Crippen LogP contribution < -0.4 is 0 Å². The van der Waals surface area contributed by atoms with Gasteiger partial charge in [-0.25, -0.2) is 9.13 Å². The number of esters is 4. The first-order valence-electron chi connectivity index (χ1n) is 35.6. The minimum Gasteiger partial charge on any atom is -0.462 e. The van der Waals surface area contributed by atoms with Gasteiger partial charge in [0.2, 0.25) is 0 Å². The summed E-state index contributed by atoms with van der Waals surface area (Å²) in [6, 6.07) is 0. The molecule has 87 heavy (non-hydrogen) atoms. The average molecular weight is 1280 g/mol. The van der Waals surface area contributed by atoms with Gasteiger partial charge in [0, 0.05) is 25.7 Å². The molecule has 0 aromatic heterocycles. The van der Waals surface area contributed by atoms with E-state index in [0.29, 0.717) is 31.6 Å². The molecule has 516 valence electrons. The van der Waals surface area contributed by atoms with E-state index in [-0.39, 0.29) is 25.7 Å². The normalized spacial score (nSPS) is 14.1. The van der Waals surface area contributed by atoms with Crippen molar-refractivity contribution in [2.45, 2.75) is 368 Å². The number of hydrogen-bond acceptors (Lipinski definition) is 15. The second kappa shape index (κ2) is 61.6. The van der Waals surface area contributed by atoms with Gasteiger partial charge in [0.1, 0.15) is 19.3 Å². The highest BCUT2D eigenvalue weighted by atomic mass is 31.2. The predicted octanol–water partition coefficient (Wildman–Crippen LogP) is 19.4. The molecule has 0 radical (unpaired) electrons. The van der Waals surface area contributed by atoms with Crippen molar-refractivity contribution in [3.05, 3.63) is 0 Å². The zero-order valence-electron chi connectivity index (χ0n) is 56.2. The van der Waals surface area contributed by atoms with E-state index in [9.17, 15) is 43.2 Å². The molecule has 2 unspecified atom stereocenters. The fraction of sp³-hybridized carbons (Fsp3) is 0.941. The van der Waals surface area contributed by atoms with Crippen molar-refractivity contribution < 1.29 is 80.2 Å². The fourth-order valence-electron chi connectivity index (χ4n) is 10.3. The Labute approximate surface area is 530 Å². The van der Waals surface area contributed by atoms with E-state index in [1.807, 2.05) is 0 Å². The molecule has 3 N–H and O–H groups in total. The smallest absolute Gasteiger partial charge is 0.462 e. The molecule has 0 heterocycles. The number of ether oxygens (including phenoxy) is 4. The Kier molecular flexibility index (Phi) is 60.2. The lowest BCUT2D eigenvalue weighted by molar-refractivity contribution is -0.161. The van der Waals surface area contributed by atoms with E-state index in [2.05, 4.69) is 34.6 Å². The van der Waals surface area contributed by atoms with E-state index in [1.54, 1.807) is 0 Å². The number of hydrogen-bond donors (Lipinski definition) is 3. The number of carbonyl (C=O) groups is 4. The number of phosphoric acid groups is 2. The molecule has 0 saturated carbocycles. The summed E-state index contributed by atoms with van der Waals surface area (Å²) in [7, 11) is -9.89. The maximum absolute atomic E-state index is 13.0. The van der Waals surface area contributed by atoms with Gasteiger partial charge in [-0.15, -0.1) is 0 Å². The van der Waals surface area contributed by atoms with Crippen LogP contribution in [0.3, 0.4) is 0 Å². The van der Waals surface area contributed by atoms with Gasteiger partial charge in [-0.05, 0) is 31.6 Å². The first kappa shape index (κ1) is 85.1. The van der Waals surface area contributed by atoms with Crippen molar-refractivity contribution >= 4 is 39.5 Å². The second-order valence-corrected chi connectivity index (χ2v) is 27.9. The summed E-state index contributed by atoms with van der Waals surface area (Å²) >= 11 is 0. The second-order valence-electron chi connectivity index (χ2n) is 25.0. The van der Waals surface area contributed by atoms with Gasteiger partial charge in [-0.3, -0.25) is 37.3 Å². The Morgan fingerprint density at radius 3 is 0.782 bits per heavy atom. The molecule has 0 fully saturated rings. The molecule has 0 spiro atoms. The Bertz CT molecular complexity index is 1690. The number of aliphatic hydroxyl groups excluding tert-OH is 1. The number of unbranched alkanes of at least 4 members (excludes halogenated alkanes) is 40. The summed E-state index contributed by atoms with van der Waals surface area (Å²) in [6.45, 7) is 7.14. The molecule has 0 bridgehead atoms. The summed E-state index contributed by atoms with van der Waals surface area (Å²) in [6.07, 6.45) is 47.4. The zero-order chi connectivity index (χ0) is 64.2. The van der Waals surface area contributed by atoms with Crippen LogP contribution in [0, 0.1) is 5.92 Å². The molecule has 19 heteroatoms. The SMILES string of the molecule is CCCCCCCCCCCCCCCCCCCCCC(=O)O[C@H](COC(=O)CCCCCCCCCC(C)C)COP(=O)(O)OC[C@@H](O)COP(=O)(O)OC[C@@H](COC(=O)CCCCCCCCCCC)OC(=O)CCCCCCCCCCC. The molecule has 5 atom stereocenters. The molecule has 0 amide bonds. The van der Waals surface area contributed by atoms with Crippen LogP contribution in [-0.4, -0.2) is 96.7 Å². The van der Waals surface area contributed by atoms with Gasteiger partial charge >= 0.3 is 39.5 Å².